The number of imidazole rings is 1. The van der Waals surface area contributed by atoms with E-state index in [4.69, 9.17) is 5.11 Å². The fraction of sp³-hybridized carbons (Fsp3) is 0.615. The molecule has 1 fully saturated rings. The maximum atomic E-state index is 11.7. The normalized spacial score (nSPS) is 22.2. The average molecular weight is 280 g/mol. The summed E-state index contributed by atoms with van der Waals surface area (Å²) in [6, 6.07) is -0.278. The van der Waals surface area contributed by atoms with Gasteiger partial charge in [0.15, 0.2) is 0 Å². The molecule has 1 saturated carbocycles. The van der Waals surface area contributed by atoms with Crippen molar-refractivity contribution in [1.29, 1.82) is 0 Å². The number of carboxylic acid groups (broad SMARTS) is 1. The molecule has 2 atom stereocenters. The molecule has 0 aliphatic heterocycles. The fourth-order valence-corrected chi connectivity index (χ4v) is 2.50. The van der Waals surface area contributed by atoms with Gasteiger partial charge in [0.1, 0.15) is 0 Å². The van der Waals surface area contributed by atoms with E-state index >= 15 is 0 Å². The Bertz CT molecular complexity index is 446. The molecule has 2 amide bonds. The number of rotatable bonds is 5. The smallest absolute Gasteiger partial charge is 0.315 e. The van der Waals surface area contributed by atoms with Gasteiger partial charge in [0.05, 0.1) is 12.2 Å². The summed E-state index contributed by atoms with van der Waals surface area (Å²) in [7, 11) is 0. The van der Waals surface area contributed by atoms with Gasteiger partial charge in [-0.2, -0.15) is 0 Å². The maximum Gasteiger partial charge on any atom is 0.315 e. The third-order valence-corrected chi connectivity index (χ3v) is 3.57. The van der Waals surface area contributed by atoms with E-state index in [1.165, 1.54) is 0 Å². The molecule has 2 rings (SSSR count). The quantitative estimate of drug-likeness (QED) is 0.744. The highest BCUT2D eigenvalue weighted by Crippen LogP contribution is 2.24. The molecule has 0 bridgehead atoms. The maximum absolute atomic E-state index is 11.7. The van der Waals surface area contributed by atoms with E-state index in [1.807, 2.05) is 10.8 Å². The van der Waals surface area contributed by atoms with Crippen molar-refractivity contribution in [2.45, 2.75) is 38.3 Å². The Kier molecular flexibility index (Phi) is 4.97. The Hall–Kier alpha value is -2.05. The second-order valence-corrected chi connectivity index (χ2v) is 5.10. The van der Waals surface area contributed by atoms with Gasteiger partial charge in [-0.3, -0.25) is 4.79 Å². The molecule has 7 nitrogen and oxygen atoms in total. The Morgan fingerprint density at radius 2 is 2.25 bits per heavy atom. The number of aromatic nitrogens is 2. The molecule has 0 spiro atoms. The van der Waals surface area contributed by atoms with Gasteiger partial charge >= 0.3 is 12.0 Å². The third-order valence-electron chi connectivity index (χ3n) is 3.57. The van der Waals surface area contributed by atoms with Gasteiger partial charge in [-0.05, 0) is 19.3 Å². The molecule has 110 valence electrons. The van der Waals surface area contributed by atoms with Crippen LogP contribution in [0.5, 0.6) is 0 Å². The number of hydrogen-bond donors (Lipinski definition) is 3. The molecule has 1 aliphatic carbocycles. The van der Waals surface area contributed by atoms with Crippen molar-refractivity contribution in [3.63, 3.8) is 0 Å². The van der Waals surface area contributed by atoms with E-state index in [0.717, 1.165) is 12.8 Å². The van der Waals surface area contributed by atoms with Crippen molar-refractivity contribution >= 4 is 12.0 Å². The van der Waals surface area contributed by atoms with Gasteiger partial charge in [0.25, 0.3) is 0 Å². The van der Waals surface area contributed by atoms with Crippen LogP contribution in [-0.2, 0) is 11.3 Å². The van der Waals surface area contributed by atoms with Crippen LogP contribution in [0.15, 0.2) is 18.7 Å². The number of carbonyl (C=O) groups excluding carboxylic acids is 1. The van der Waals surface area contributed by atoms with Crippen LogP contribution in [0.25, 0.3) is 0 Å². The first-order valence-electron chi connectivity index (χ1n) is 6.88. The number of urea groups is 1. The van der Waals surface area contributed by atoms with Gasteiger partial charge in [-0.1, -0.05) is 6.42 Å². The van der Waals surface area contributed by atoms with E-state index < -0.39 is 5.97 Å². The lowest BCUT2D eigenvalue weighted by Crippen LogP contribution is -2.45. The first kappa shape index (κ1) is 14.4. The first-order valence-corrected chi connectivity index (χ1v) is 6.88. The van der Waals surface area contributed by atoms with E-state index in [0.29, 0.717) is 25.9 Å². The van der Waals surface area contributed by atoms with Gasteiger partial charge in [0.2, 0.25) is 0 Å². The highest BCUT2D eigenvalue weighted by Gasteiger charge is 2.27. The summed E-state index contributed by atoms with van der Waals surface area (Å²) in [5, 5.41) is 14.6. The number of aliphatic carboxylic acids is 1. The molecular formula is C13H20N4O3. The van der Waals surface area contributed by atoms with Crippen LogP contribution in [0.2, 0.25) is 0 Å². The predicted molar refractivity (Wildman–Crippen MR) is 72.1 cm³/mol. The van der Waals surface area contributed by atoms with Crippen molar-refractivity contribution in [2.24, 2.45) is 5.92 Å². The van der Waals surface area contributed by atoms with Crippen LogP contribution in [0.3, 0.4) is 0 Å². The minimum atomic E-state index is -0.767. The summed E-state index contributed by atoms with van der Waals surface area (Å²) in [5.74, 6) is -1.10. The van der Waals surface area contributed by atoms with E-state index in [2.05, 4.69) is 15.6 Å². The second-order valence-electron chi connectivity index (χ2n) is 5.10. The number of nitrogens with one attached hydrogen (secondary N) is 2. The summed E-state index contributed by atoms with van der Waals surface area (Å²) in [4.78, 5) is 26.6. The summed E-state index contributed by atoms with van der Waals surface area (Å²) < 4.78 is 1.88. The van der Waals surface area contributed by atoms with E-state index in [1.54, 1.807) is 12.5 Å². The molecule has 0 aromatic carbocycles. The number of amides is 2. The fourth-order valence-electron chi connectivity index (χ4n) is 2.50. The minimum absolute atomic E-state index is 0.0434. The zero-order valence-corrected chi connectivity index (χ0v) is 11.3. The molecule has 0 saturated heterocycles. The molecule has 1 aromatic rings. The van der Waals surface area contributed by atoms with E-state index in [9.17, 15) is 9.59 Å². The minimum Gasteiger partial charge on any atom is -0.481 e. The van der Waals surface area contributed by atoms with Crippen molar-refractivity contribution in [3.05, 3.63) is 18.7 Å². The summed E-state index contributed by atoms with van der Waals surface area (Å²) in [6.07, 6.45) is 8.13. The monoisotopic (exact) mass is 280 g/mol. The molecular weight excluding hydrogens is 260 g/mol. The summed E-state index contributed by atoms with van der Waals surface area (Å²) >= 11 is 0. The SMILES string of the molecule is O=C(NCCn1ccnc1)NC1CCCC(C(=O)O)C1. The van der Waals surface area contributed by atoms with Gasteiger partial charge in [0, 0.05) is 31.5 Å². The lowest BCUT2D eigenvalue weighted by atomic mass is 9.86. The van der Waals surface area contributed by atoms with Crippen LogP contribution in [0.4, 0.5) is 4.79 Å². The standard InChI is InChI=1S/C13H20N4O3/c18-12(19)10-2-1-3-11(8-10)16-13(20)15-5-7-17-6-4-14-9-17/h4,6,9-11H,1-3,5,7-8H2,(H,18,19)(H2,15,16,20). The largest absolute Gasteiger partial charge is 0.481 e. The van der Waals surface area contributed by atoms with Gasteiger partial charge in [-0.15, -0.1) is 0 Å². The first-order chi connectivity index (χ1) is 9.65. The highest BCUT2D eigenvalue weighted by atomic mass is 16.4. The second kappa shape index (κ2) is 6.93. The Balaban J connectivity index is 1.67. The topological polar surface area (TPSA) is 96.3 Å². The Morgan fingerprint density at radius 3 is 2.95 bits per heavy atom. The van der Waals surface area contributed by atoms with Crippen LogP contribution in [0.1, 0.15) is 25.7 Å². The average Bonchev–Trinajstić information content (AvgIpc) is 2.92. The van der Waals surface area contributed by atoms with Crippen LogP contribution < -0.4 is 10.6 Å². The lowest BCUT2D eigenvalue weighted by molar-refractivity contribution is -0.143. The molecule has 7 heteroatoms. The molecule has 1 heterocycles. The zero-order valence-electron chi connectivity index (χ0n) is 11.3. The molecule has 20 heavy (non-hydrogen) atoms. The molecule has 1 aliphatic rings. The van der Waals surface area contributed by atoms with Crippen LogP contribution >= 0.6 is 0 Å². The van der Waals surface area contributed by atoms with Gasteiger partial charge in [-0.25, -0.2) is 9.78 Å². The number of hydrogen-bond acceptors (Lipinski definition) is 3. The summed E-state index contributed by atoms with van der Waals surface area (Å²) in [5.41, 5.74) is 0. The number of nitrogens with zero attached hydrogens (tertiary/aromatic N) is 2. The Morgan fingerprint density at radius 1 is 1.40 bits per heavy atom. The third kappa shape index (κ3) is 4.25. The van der Waals surface area contributed by atoms with E-state index in [-0.39, 0.29) is 18.0 Å². The van der Waals surface area contributed by atoms with Crippen LogP contribution in [-0.4, -0.2) is 39.2 Å². The lowest BCUT2D eigenvalue weighted by Gasteiger charge is -2.27. The van der Waals surface area contributed by atoms with Crippen molar-refractivity contribution in [3.8, 4) is 0 Å². The number of carboxylic acids is 1. The summed E-state index contributed by atoms with van der Waals surface area (Å²) in [6.45, 7) is 1.17. The number of carbonyl (C=O) groups is 2. The predicted octanol–water partition coefficient (Wildman–Crippen LogP) is 0.826. The molecule has 1 aromatic heterocycles. The van der Waals surface area contributed by atoms with Crippen LogP contribution in [0, 0.1) is 5.92 Å². The van der Waals surface area contributed by atoms with Crippen molar-refractivity contribution < 1.29 is 14.7 Å². The highest BCUT2D eigenvalue weighted by molar-refractivity contribution is 5.74. The molecule has 0 radical (unpaired) electrons. The molecule has 2 unspecified atom stereocenters. The van der Waals surface area contributed by atoms with Crippen molar-refractivity contribution in [2.75, 3.05) is 6.54 Å². The van der Waals surface area contributed by atoms with Crippen molar-refractivity contribution in [1.82, 2.24) is 20.2 Å². The Labute approximate surface area is 117 Å². The zero-order chi connectivity index (χ0) is 14.4. The molecule has 3 N–H and O–H groups in total. The van der Waals surface area contributed by atoms with Gasteiger partial charge < -0.3 is 20.3 Å².